The van der Waals surface area contributed by atoms with Gasteiger partial charge in [0, 0.05) is 6.54 Å². The van der Waals surface area contributed by atoms with Crippen LogP contribution in [-0.4, -0.2) is 30.8 Å². The maximum absolute atomic E-state index is 10.6. The summed E-state index contributed by atoms with van der Waals surface area (Å²) < 4.78 is 16.6. The van der Waals surface area contributed by atoms with Crippen LogP contribution in [-0.2, 0) is 14.2 Å². The standard InChI is InChI=1S/C23H40ClNO4/c1-7-11-22(29-21(20(6)24)14-13-18(4)9-3)23(26)25-15-10-12-19(5)28-17-27-16-8-2/h8,12-14,16,18,22-23,25-26H,7,9-11,15,17H2,1-6H3/b14-13-,16-8+,19-12+,21-20-. The molecule has 0 heterocycles. The van der Waals surface area contributed by atoms with Gasteiger partial charge in [0.15, 0.2) is 0 Å². The molecule has 6 heteroatoms. The Hall–Kier alpha value is -1.43. The second-order valence-electron chi connectivity index (χ2n) is 6.99. The van der Waals surface area contributed by atoms with Gasteiger partial charge < -0.3 is 19.3 Å². The summed E-state index contributed by atoms with van der Waals surface area (Å²) in [6.07, 6.45) is 11.6. The number of aliphatic hydroxyl groups is 1. The molecule has 0 aromatic carbocycles. The molecule has 2 N–H and O–H groups in total. The maximum Gasteiger partial charge on any atom is 0.229 e. The number of rotatable bonds is 16. The van der Waals surface area contributed by atoms with Crippen LogP contribution in [0, 0.1) is 5.92 Å². The monoisotopic (exact) mass is 429 g/mol. The van der Waals surface area contributed by atoms with Crippen LogP contribution in [0.2, 0.25) is 0 Å². The van der Waals surface area contributed by atoms with Crippen LogP contribution in [0.15, 0.2) is 47.1 Å². The summed E-state index contributed by atoms with van der Waals surface area (Å²) >= 11 is 6.21. The summed E-state index contributed by atoms with van der Waals surface area (Å²) in [6, 6.07) is 0. The lowest BCUT2D eigenvalue weighted by molar-refractivity contribution is -0.0228. The number of nitrogens with one attached hydrogen (secondary N) is 1. The van der Waals surface area contributed by atoms with Crippen molar-refractivity contribution < 1.29 is 19.3 Å². The van der Waals surface area contributed by atoms with E-state index in [1.54, 1.807) is 19.3 Å². The number of allylic oxidation sites excluding steroid dienone is 5. The van der Waals surface area contributed by atoms with Gasteiger partial charge in [-0.2, -0.15) is 0 Å². The van der Waals surface area contributed by atoms with E-state index in [2.05, 4.69) is 32.2 Å². The number of aliphatic hydroxyl groups excluding tert-OH is 1. The van der Waals surface area contributed by atoms with E-state index in [1.807, 2.05) is 26.0 Å². The molecule has 0 aliphatic rings. The highest BCUT2D eigenvalue weighted by Gasteiger charge is 2.20. The van der Waals surface area contributed by atoms with E-state index in [9.17, 15) is 5.11 Å². The Kier molecular flexibility index (Phi) is 16.6. The van der Waals surface area contributed by atoms with Crippen LogP contribution < -0.4 is 5.32 Å². The summed E-state index contributed by atoms with van der Waals surface area (Å²) in [5.41, 5.74) is 0. The van der Waals surface area contributed by atoms with Crippen molar-refractivity contribution in [3.05, 3.63) is 47.1 Å². The van der Waals surface area contributed by atoms with Crippen molar-refractivity contribution in [2.45, 2.75) is 79.6 Å². The van der Waals surface area contributed by atoms with Crippen molar-refractivity contribution in [3.8, 4) is 0 Å². The zero-order chi connectivity index (χ0) is 22.1. The quantitative estimate of drug-likeness (QED) is 0.137. The molecule has 0 saturated carbocycles. The van der Waals surface area contributed by atoms with Gasteiger partial charge in [0.05, 0.1) is 17.1 Å². The summed E-state index contributed by atoms with van der Waals surface area (Å²) in [4.78, 5) is 0. The third-order valence-corrected chi connectivity index (χ3v) is 4.47. The predicted molar refractivity (Wildman–Crippen MR) is 121 cm³/mol. The van der Waals surface area contributed by atoms with Crippen molar-refractivity contribution in [2.24, 2.45) is 5.92 Å². The van der Waals surface area contributed by atoms with Gasteiger partial charge >= 0.3 is 0 Å². The highest BCUT2D eigenvalue weighted by atomic mass is 35.5. The first-order valence-corrected chi connectivity index (χ1v) is 10.9. The second kappa shape index (κ2) is 17.4. The summed E-state index contributed by atoms with van der Waals surface area (Å²) in [7, 11) is 0. The summed E-state index contributed by atoms with van der Waals surface area (Å²) in [5, 5.41) is 14.2. The highest BCUT2D eigenvalue weighted by Crippen LogP contribution is 2.19. The van der Waals surface area contributed by atoms with Gasteiger partial charge in [-0.1, -0.05) is 57.4 Å². The van der Waals surface area contributed by atoms with E-state index in [0.29, 0.717) is 23.3 Å². The Balaban J connectivity index is 4.63. The maximum atomic E-state index is 10.6. The molecule has 0 spiro atoms. The largest absolute Gasteiger partial charge is 0.485 e. The molecular weight excluding hydrogens is 390 g/mol. The van der Waals surface area contributed by atoms with Crippen molar-refractivity contribution >= 4 is 11.6 Å². The van der Waals surface area contributed by atoms with Crippen molar-refractivity contribution in [1.29, 1.82) is 0 Å². The molecule has 0 saturated heterocycles. The van der Waals surface area contributed by atoms with Crippen LogP contribution in [0.4, 0.5) is 0 Å². The van der Waals surface area contributed by atoms with E-state index in [-0.39, 0.29) is 12.9 Å². The molecule has 0 radical (unpaired) electrons. The summed E-state index contributed by atoms with van der Waals surface area (Å²) in [6.45, 7) is 12.7. The lowest BCUT2D eigenvalue weighted by Gasteiger charge is -2.25. The minimum Gasteiger partial charge on any atom is -0.485 e. The van der Waals surface area contributed by atoms with Gasteiger partial charge in [0.2, 0.25) is 6.79 Å². The average molecular weight is 430 g/mol. The first-order valence-electron chi connectivity index (χ1n) is 10.5. The second-order valence-corrected chi connectivity index (χ2v) is 7.55. The van der Waals surface area contributed by atoms with Gasteiger partial charge in [-0.25, -0.2) is 0 Å². The minimum atomic E-state index is -0.786. The molecule has 0 rings (SSSR count). The lowest BCUT2D eigenvalue weighted by Crippen LogP contribution is -2.41. The molecule has 0 aromatic heterocycles. The van der Waals surface area contributed by atoms with Crippen LogP contribution in [0.1, 0.15) is 67.2 Å². The molecule has 3 unspecified atom stereocenters. The van der Waals surface area contributed by atoms with Gasteiger partial charge in [0.1, 0.15) is 18.1 Å². The van der Waals surface area contributed by atoms with Crippen LogP contribution in [0.25, 0.3) is 0 Å². The smallest absolute Gasteiger partial charge is 0.229 e. The molecular formula is C23H40ClNO4. The first kappa shape index (κ1) is 27.6. The highest BCUT2D eigenvalue weighted by molar-refractivity contribution is 6.29. The fourth-order valence-corrected chi connectivity index (χ4v) is 2.42. The van der Waals surface area contributed by atoms with Gasteiger partial charge in [-0.3, -0.25) is 5.32 Å². The molecule has 0 fully saturated rings. The Labute approximate surface area is 182 Å². The normalized spacial score (nSPS) is 16.6. The zero-order valence-corrected chi connectivity index (χ0v) is 19.7. The Morgan fingerprint density at radius 1 is 1.24 bits per heavy atom. The number of halogens is 1. The van der Waals surface area contributed by atoms with E-state index in [1.165, 1.54) is 0 Å². The Morgan fingerprint density at radius 3 is 2.55 bits per heavy atom. The molecule has 0 aromatic rings. The molecule has 0 aliphatic carbocycles. The average Bonchev–Trinajstić information content (AvgIpc) is 2.70. The predicted octanol–water partition coefficient (Wildman–Crippen LogP) is 5.97. The van der Waals surface area contributed by atoms with E-state index in [4.69, 9.17) is 25.8 Å². The fourth-order valence-electron chi connectivity index (χ4n) is 2.31. The van der Waals surface area contributed by atoms with Crippen molar-refractivity contribution in [2.75, 3.05) is 13.3 Å². The van der Waals surface area contributed by atoms with Gasteiger partial charge in [-0.05, 0) is 51.7 Å². The lowest BCUT2D eigenvalue weighted by atomic mass is 10.1. The number of ether oxygens (including phenoxy) is 3. The minimum absolute atomic E-state index is 0.187. The van der Waals surface area contributed by atoms with Crippen LogP contribution >= 0.6 is 11.6 Å². The number of hydrogen-bond acceptors (Lipinski definition) is 5. The van der Waals surface area contributed by atoms with E-state index < -0.39 is 6.23 Å². The van der Waals surface area contributed by atoms with E-state index in [0.717, 1.165) is 31.4 Å². The van der Waals surface area contributed by atoms with Gasteiger partial charge in [0.25, 0.3) is 0 Å². The fraction of sp³-hybridized carbons (Fsp3) is 0.652. The first-order chi connectivity index (χ1) is 13.8. The molecule has 5 nitrogen and oxygen atoms in total. The molecule has 0 amide bonds. The Morgan fingerprint density at radius 2 is 1.97 bits per heavy atom. The molecule has 168 valence electrons. The van der Waals surface area contributed by atoms with E-state index >= 15 is 0 Å². The third-order valence-electron chi connectivity index (χ3n) is 4.28. The molecule has 3 atom stereocenters. The topological polar surface area (TPSA) is 60.0 Å². The van der Waals surface area contributed by atoms with Crippen LogP contribution in [0.5, 0.6) is 0 Å². The Bertz CT molecular complexity index is 539. The zero-order valence-electron chi connectivity index (χ0n) is 18.9. The molecule has 29 heavy (non-hydrogen) atoms. The molecule has 0 aliphatic heterocycles. The van der Waals surface area contributed by atoms with Crippen molar-refractivity contribution in [3.63, 3.8) is 0 Å². The van der Waals surface area contributed by atoms with Crippen molar-refractivity contribution in [1.82, 2.24) is 5.32 Å². The summed E-state index contributed by atoms with van der Waals surface area (Å²) in [5.74, 6) is 1.83. The SMILES string of the molecule is C/C=C/OCO/C(C)=C/CCNC(O)C(CCC)OC(/C=C\C(C)CC)=C(/C)Cl. The molecule has 0 bridgehead atoms. The van der Waals surface area contributed by atoms with Gasteiger partial charge in [-0.15, -0.1) is 0 Å². The third kappa shape index (κ3) is 14.2. The number of hydrogen-bond donors (Lipinski definition) is 2. The van der Waals surface area contributed by atoms with Crippen LogP contribution in [0.3, 0.4) is 0 Å².